The van der Waals surface area contributed by atoms with Crippen LogP contribution in [0.15, 0.2) is 18.2 Å². The molecule has 1 nitrogen and oxygen atoms in total. The lowest BCUT2D eigenvalue weighted by atomic mass is 9.65. The van der Waals surface area contributed by atoms with Crippen LogP contribution in [0.3, 0.4) is 0 Å². The monoisotopic (exact) mass is 287 g/mol. The van der Waals surface area contributed by atoms with Gasteiger partial charge in [-0.15, -0.1) is 0 Å². The minimum absolute atomic E-state index is 0.224. The van der Waals surface area contributed by atoms with Gasteiger partial charge in [0.25, 0.3) is 0 Å². The van der Waals surface area contributed by atoms with Gasteiger partial charge >= 0.3 is 0 Å². The lowest BCUT2D eigenvalue weighted by Gasteiger charge is -2.41. The van der Waals surface area contributed by atoms with Crippen molar-refractivity contribution >= 4 is 0 Å². The summed E-state index contributed by atoms with van der Waals surface area (Å²) in [7, 11) is 0. The number of nitrogens with two attached hydrogens (primary N) is 1. The zero-order valence-electron chi connectivity index (χ0n) is 14.6. The van der Waals surface area contributed by atoms with E-state index in [1.165, 1.54) is 48.8 Å². The number of hydrogen-bond donors (Lipinski definition) is 1. The van der Waals surface area contributed by atoms with E-state index in [4.69, 9.17) is 5.73 Å². The van der Waals surface area contributed by atoms with Crippen LogP contribution in [0.2, 0.25) is 0 Å². The third-order valence-corrected chi connectivity index (χ3v) is 5.34. The average Bonchev–Trinajstić information content (AvgIpc) is 2.36. The fourth-order valence-electron chi connectivity index (χ4n) is 3.27. The Labute approximate surface area is 131 Å². The van der Waals surface area contributed by atoms with Crippen LogP contribution in [0.5, 0.6) is 0 Å². The van der Waals surface area contributed by atoms with Crippen molar-refractivity contribution in [3.05, 3.63) is 34.9 Å². The summed E-state index contributed by atoms with van der Waals surface area (Å²) in [5.41, 5.74) is 11.1. The Kier molecular flexibility index (Phi) is 4.82. The Morgan fingerprint density at radius 1 is 1.14 bits per heavy atom. The minimum atomic E-state index is 0.224. The second-order valence-electron chi connectivity index (χ2n) is 8.43. The molecule has 0 heterocycles. The first-order chi connectivity index (χ1) is 9.76. The normalized spacial score (nSPS) is 17.9. The lowest BCUT2D eigenvalue weighted by molar-refractivity contribution is 0.131. The number of rotatable bonds is 5. The molecule has 2 N–H and O–H groups in total. The summed E-state index contributed by atoms with van der Waals surface area (Å²) in [6, 6.07) is 7.24. The smallest absolute Gasteiger partial charge is 0.00204 e. The third-order valence-electron chi connectivity index (χ3n) is 5.34. The van der Waals surface area contributed by atoms with E-state index < -0.39 is 0 Å². The Morgan fingerprint density at radius 2 is 1.81 bits per heavy atom. The molecule has 1 aliphatic carbocycles. The van der Waals surface area contributed by atoms with Gasteiger partial charge in [0.2, 0.25) is 0 Å². The molecule has 1 aliphatic rings. The van der Waals surface area contributed by atoms with E-state index in [-0.39, 0.29) is 5.41 Å². The minimum Gasteiger partial charge on any atom is -0.330 e. The van der Waals surface area contributed by atoms with Crippen LogP contribution in [-0.2, 0) is 11.8 Å². The van der Waals surface area contributed by atoms with Gasteiger partial charge in [-0.2, -0.15) is 0 Å². The summed E-state index contributed by atoms with van der Waals surface area (Å²) >= 11 is 0. The highest BCUT2D eigenvalue weighted by Gasteiger charge is 2.34. The molecule has 0 aromatic heterocycles. The molecule has 0 amide bonds. The van der Waals surface area contributed by atoms with Gasteiger partial charge in [0, 0.05) is 0 Å². The Bertz CT molecular complexity index is 470. The van der Waals surface area contributed by atoms with Gasteiger partial charge in [-0.05, 0) is 65.7 Å². The number of hydrogen-bond acceptors (Lipinski definition) is 1. The highest BCUT2D eigenvalue weighted by molar-refractivity contribution is 5.35. The second-order valence-corrected chi connectivity index (χ2v) is 8.43. The molecule has 0 radical (unpaired) electrons. The molecule has 0 atom stereocenters. The molecular formula is C20H33N. The van der Waals surface area contributed by atoms with Crippen molar-refractivity contribution < 1.29 is 0 Å². The van der Waals surface area contributed by atoms with Crippen LogP contribution in [0.1, 0.15) is 82.9 Å². The molecule has 118 valence electrons. The van der Waals surface area contributed by atoms with Crippen molar-refractivity contribution in [1.29, 1.82) is 0 Å². The van der Waals surface area contributed by atoms with E-state index in [9.17, 15) is 0 Å². The van der Waals surface area contributed by atoms with Crippen LogP contribution in [0.4, 0.5) is 0 Å². The van der Waals surface area contributed by atoms with Crippen LogP contribution >= 0.6 is 0 Å². The summed E-state index contributed by atoms with van der Waals surface area (Å²) < 4.78 is 0. The van der Waals surface area contributed by atoms with Gasteiger partial charge in [-0.1, -0.05) is 59.2 Å². The zero-order chi connectivity index (χ0) is 15.7. The quantitative estimate of drug-likeness (QED) is 0.794. The molecule has 0 bridgehead atoms. The molecule has 0 aliphatic heterocycles. The van der Waals surface area contributed by atoms with Gasteiger partial charge in [-0.25, -0.2) is 0 Å². The Hall–Kier alpha value is -0.820. The summed E-state index contributed by atoms with van der Waals surface area (Å²) in [6.07, 6.45) is 6.48. The van der Waals surface area contributed by atoms with Crippen molar-refractivity contribution in [2.24, 2.45) is 11.1 Å². The summed E-state index contributed by atoms with van der Waals surface area (Å²) in [6.45, 7) is 12.4. The van der Waals surface area contributed by atoms with Gasteiger partial charge in [0.05, 0.1) is 0 Å². The lowest BCUT2D eigenvalue weighted by Crippen LogP contribution is -2.37. The van der Waals surface area contributed by atoms with Crippen LogP contribution in [0.25, 0.3) is 0 Å². The van der Waals surface area contributed by atoms with Crippen molar-refractivity contribution in [2.45, 2.75) is 78.1 Å². The maximum absolute atomic E-state index is 6.01. The predicted octanol–water partition coefficient (Wildman–Crippen LogP) is 5.17. The zero-order valence-corrected chi connectivity index (χ0v) is 14.6. The van der Waals surface area contributed by atoms with E-state index in [1.54, 1.807) is 0 Å². The van der Waals surface area contributed by atoms with E-state index in [1.807, 2.05) is 0 Å². The van der Waals surface area contributed by atoms with E-state index in [0.717, 1.165) is 6.54 Å². The molecule has 1 heteroatoms. The van der Waals surface area contributed by atoms with Crippen molar-refractivity contribution in [3.63, 3.8) is 0 Å². The second kappa shape index (κ2) is 6.12. The maximum Gasteiger partial charge on any atom is -0.00204 e. The predicted molar refractivity (Wildman–Crippen MR) is 92.9 cm³/mol. The van der Waals surface area contributed by atoms with Gasteiger partial charge in [-0.3, -0.25) is 0 Å². The van der Waals surface area contributed by atoms with Crippen molar-refractivity contribution in [1.82, 2.24) is 0 Å². The van der Waals surface area contributed by atoms with E-state index in [2.05, 4.69) is 52.8 Å². The van der Waals surface area contributed by atoms with Crippen LogP contribution < -0.4 is 5.73 Å². The first kappa shape index (κ1) is 16.5. The SMILES string of the molecule is CC(C)c1cc(CCC2(CN)CCC2)cc(C(C)(C)C)c1. The van der Waals surface area contributed by atoms with Gasteiger partial charge in [0.15, 0.2) is 0 Å². The third kappa shape index (κ3) is 3.88. The molecule has 1 saturated carbocycles. The topological polar surface area (TPSA) is 26.0 Å². The summed E-state index contributed by atoms with van der Waals surface area (Å²) in [5.74, 6) is 0.596. The summed E-state index contributed by atoms with van der Waals surface area (Å²) in [5, 5.41) is 0. The largest absolute Gasteiger partial charge is 0.330 e. The molecule has 0 unspecified atom stereocenters. The number of benzene rings is 1. The number of aryl methyl sites for hydroxylation is 1. The fraction of sp³-hybridized carbons (Fsp3) is 0.700. The molecule has 1 fully saturated rings. The van der Waals surface area contributed by atoms with E-state index >= 15 is 0 Å². The molecule has 21 heavy (non-hydrogen) atoms. The molecule has 1 aromatic carbocycles. The fourth-order valence-corrected chi connectivity index (χ4v) is 3.27. The van der Waals surface area contributed by atoms with E-state index in [0.29, 0.717) is 11.3 Å². The molecule has 0 saturated heterocycles. The first-order valence-corrected chi connectivity index (χ1v) is 8.60. The maximum atomic E-state index is 6.01. The highest BCUT2D eigenvalue weighted by atomic mass is 14.6. The first-order valence-electron chi connectivity index (χ1n) is 8.60. The standard InChI is InChI=1S/C20H33N/c1-15(2)17-11-16(12-18(13-17)19(3,4)5)7-10-20(14-21)8-6-9-20/h11-13,15H,6-10,14,21H2,1-5H3. The Balaban J connectivity index is 2.20. The van der Waals surface area contributed by atoms with Crippen LogP contribution in [-0.4, -0.2) is 6.54 Å². The summed E-state index contributed by atoms with van der Waals surface area (Å²) in [4.78, 5) is 0. The van der Waals surface area contributed by atoms with Gasteiger partial charge < -0.3 is 5.73 Å². The van der Waals surface area contributed by atoms with Crippen molar-refractivity contribution in [2.75, 3.05) is 6.54 Å². The van der Waals surface area contributed by atoms with Crippen molar-refractivity contribution in [3.8, 4) is 0 Å². The molecule has 2 rings (SSSR count). The Morgan fingerprint density at radius 3 is 2.24 bits per heavy atom. The highest BCUT2D eigenvalue weighted by Crippen LogP contribution is 2.43. The van der Waals surface area contributed by atoms with Gasteiger partial charge in [0.1, 0.15) is 0 Å². The van der Waals surface area contributed by atoms with Crippen LogP contribution in [0, 0.1) is 5.41 Å². The molecular weight excluding hydrogens is 254 g/mol. The average molecular weight is 287 g/mol. The molecule has 0 spiro atoms. The molecule has 1 aromatic rings.